The van der Waals surface area contributed by atoms with Gasteiger partial charge in [0.2, 0.25) is 11.8 Å². The SMILES string of the molecule is CC(C)(N)C(=O)N1CCN(CC(=O)Nc2ccc(F)cc2)CC1. The van der Waals surface area contributed by atoms with Crippen molar-refractivity contribution in [1.29, 1.82) is 0 Å². The van der Waals surface area contributed by atoms with Gasteiger partial charge in [0, 0.05) is 31.9 Å². The molecule has 0 bridgehead atoms. The van der Waals surface area contributed by atoms with Gasteiger partial charge in [-0.3, -0.25) is 14.5 Å². The van der Waals surface area contributed by atoms with Crippen LogP contribution in [0, 0.1) is 5.82 Å². The summed E-state index contributed by atoms with van der Waals surface area (Å²) in [6.07, 6.45) is 0. The Hall–Kier alpha value is -1.99. The van der Waals surface area contributed by atoms with Gasteiger partial charge in [0.25, 0.3) is 0 Å². The van der Waals surface area contributed by atoms with Gasteiger partial charge < -0.3 is 16.0 Å². The molecule has 0 saturated carbocycles. The van der Waals surface area contributed by atoms with Crippen LogP contribution >= 0.6 is 0 Å². The van der Waals surface area contributed by atoms with Crippen molar-refractivity contribution in [3.05, 3.63) is 30.1 Å². The second-order valence-corrected chi connectivity index (χ2v) is 6.35. The molecule has 2 rings (SSSR count). The molecule has 1 aliphatic heterocycles. The van der Waals surface area contributed by atoms with Gasteiger partial charge in [-0.1, -0.05) is 0 Å². The lowest BCUT2D eigenvalue weighted by atomic mass is 10.0. The molecule has 0 aliphatic carbocycles. The van der Waals surface area contributed by atoms with Crippen LogP contribution in [0.15, 0.2) is 24.3 Å². The first kappa shape index (κ1) is 17.4. The minimum Gasteiger partial charge on any atom is -0.339 e. The maximum absolute atomic E-state index is 12.8. The van der Waals surface area contributed by atoms with Crippen LogP contribution in [0.25, 0.3) is 0 Å². The predicted octanol–water partition coefficient (Wildman–Crippen LogP) is 0.646. The first-order valence-electron chi connectivity index (χ1n) is 7.62. The van der Waals surface area contributed by atoms with E-state index in [-0.39, 0.29) is 24.2 Å². The van der Waals surface area contributed by atoms with E-state index >= 15 is 0 Å². The number of nitrogens with zero attached hydrogens (tertiary/aromatic N) is 2. The zero-order valence-electron chi connectivity index (χ0n) is 13.5. The molecule has 126 valence electrons. The average Bonchev–Trinajstić information content (AvgIpc) is 2.49. The summed E-state index contributed by atoms with van der Waals surface area (Å²) >= 11 is 0. The highest BCUT2D eigenvalue weighted by Gasteiger charge is 2.30. The van der Waals surface area contributed by atoms with Crippen molar-refractivity contribution in [2.45, 2.75) is 19.4 Å². The topological polar surface area (TPSA) is 78.7 Å². The number of amides is 2. The minimum atomic E-state index is -0.873. The van der Waals surface area contributed by atoms with E-state index in [0.29, 0.717) is 31.9 Å². The van der Waals surface area contributed by atoms with Crippen LogP contribution in [0.4, 0.5) is 10.1 Å². The average molecular weight is 322 g/mol. The number of halogens is 1. The number of carbonyl (C=O) groups excluding carboxylic acids is 2. The van der Waals surface area contributed by atoms with Crippen molar-refractivity contribution in [1.82, 2.24) is 9.80 Å². The van der Waals surface area contributed by atoms with Gasteiger partial charge >= 0.3 is 0 Å². The summed E-state index contributed by atoms with van der Waals surface area (Å²) in [6, 6.07) is 5.64. The molecule has 0 atom stereocenters. The fourth-order valence-corrected chi connectivity index (χ4v) is 2.45. The van der Waals surface area contributed by atoms with E-state index in [9.17, 15) is 14.0 Å². The molecule has 0 unspecified atom stereocenters. The molecule has 1 aliphatic rings. The minimum absolute atomic E-state index is 0.0760. The number of piperazine rings is 1. The molecule has 3 N–H and O–H groups in total. The largest absolute Gasteiger partial charge is 0.339 e. The second-order valence-electron chi connectivity index (χ2n) is 6.35. The van der Waals surface area contributed by atoms with E-state index in [2.05, 4.69) is 5.32 Å². The van der Waals surface area contributed by atoms with Gasteiger partial charge in [-0.25, -0.2) is 4.39 Å². The van der Waals surface area contributed by atoms with Gasteiger partial charge in [-0.05, 0) is 38.1 Å². The molecule has 23 heavy (non-hydrogen) atoms. The molecule has 2 amide bonds. The highest BCUT2D eigenvalue weighted by molar-refractivity contribution is 5.92. The van der Waals surface area contributed by atoms with Gasteiger partial charge in [0.15, 0.2) is 0 Å². The lowest BCUT2D eigenvalue weighted by molar-refractivity contribution is -0.137. The summed E-state index contributed by atoms with van der Waals surface area (Å²) in [5.74, 6) is -0.574. The molecule has 0 radical (unpaired) electrons. The van der Waals surface area contributed by atoms with Crippen LogP contribution in [0.2, 0.25) is 0 Å². The number of carbonyl (C=O) groups is 2. The van der Waals surface area contributed by atoms with Gasteiger partial charge in [-0.15, -0.1) is 0 Å². The molecular formula is C16H23FN4O2. The molecule has 1 saturated heterocycles. The highest BCUT2D eigenvalue weighted by Crippen LogP contribution is 2.10. The third-order valence-corrected chi connectivity index (χ3v) is 3.71. The number of nitrogens with one attached hydrogen (secondary N) is 1. The Morgan fingerprint density at radius 1 is 1.17 bits per heavy atom. The summed E-state index contributed by atoms with van der Waals surface area (Å²) in [4.78, 5) is 27.8. The molecule has 0 spiro atoms. The Labute approximate surface area is 135 Å². The molecule has 1 fully saturated rings. The lowest BCUT2D eigenvalue weighted by Gasteiger charge is -2.37. The van der Waals surface area contributed by atoms with Gasteiger partial charge in [-0.2, -0.15) is 0 Å². The van der Waals surface area contributed by atoms with E-state index in [1.165, 1.54) is 24.3 Å². The summed E-state index contributed by atoms with van der Waals surface area (Å²) in [5.41, 5.74) is 5.52. The van der Waals surface area contributed by atoms with E-state index < -0.39 is 5.54 Å². The molecule has 0 aromatic heterocycles. The summed E-state index contributed by atoms with van der Waals surface area (Å²) in [5, 5.41) is 2.73. The lowest BCUT2D eigenvalue weighted by Crippen LogP contribution is -2.57. The van der Waals surface area contributed by atoms with Crippen LogP contribution in [-0.2, 0) is 9.59 Å². The van der Waals surface area contributed by atoms with Gasteiger partial charge in [0.05, 0.1) is 12.1 Å². The van der Waals surface area contributed by atoms with E-state index in [0.717, 1.165) is 0 Å². The standard InChI is InChI=1S/C16H23FN4O2/c1-16(2,18)15(23)21-9-7-20(8-10-21)11-14(22)19-13-5-3-12(17)4-6-13/h3-6H,7-11,18H2,1-2H3,(H,19,22). The smallest absolute Gasteiger partial charge is 0.242 e. The van der Waals surface area contributed by atoms with Crippen LogP contribution in [-0.4, -0.2) is 59.9 Å². The molecule has 7 heteroatoms. The number of rotatable bonds is 4. The van der Waals surface area contributed by atoms with Crippen molar-refractivity contribution in [3.8, 4) is 0 Å². The Morgan fingerprint density at radius 2 is 1.74 bits per heavy atom. The summed E-state index contributed by atoms with van der Waals surface area (Å²) in [7, 11) is 0. The van der Waals surface area contributed by atoms with Crippen LogP contribution in [0.3, 0.4) is 0 Å². The zero-order chi connectivity index (χ0) is 17.0. The number of hydrogen-bond acceptors (Lipinski definition) is 4. The van der Waals surface area contributed by atoms with Crippen LogP contribution in [0.1, 0.15) is 13.8 Å². The Morgan fingerprint density at radius 3 is 2.26 bits per heavy atom. The zero-order valence-corrected chi connectivity index (χ0v) is 13.5. The fourth-order valence-electron chi connectivity index (χ4n) is 2.45. The third kappa shape index (κ3) is 5.01. The number of anilines is 1. The Kier molecular flexibility index (Phi) is 5.33. The normalized spacial score (nSPS) is 16.3. The summed E-state index contributed by atoms with van der Waals surface area (Å²) < 4.78 is 12.8. The molecule has 1 heterocycles. The van der Waals surface area contributed by atoms with Crippen molar-refractivity contribution in [2.75, 3.05) is 38.0 Å². The first-order valence-corrected chi connectivity index (χ1v) is 7.62. The second kappa shape index (κ2) is 7.06. The van der Waals surface area contributed by atoms with Crippen molar-refractivity contribution in [3.63, 3.8) is 0 Å². The van der Waals surface area contributed by atoms with Crippen LogP contribution in [0.5, 0.6) is 0 Å². The molecule has 1 aromatic rings. The monoisotopic (exact) mass is 322 g/mol. The van der Waals surface area contributed by atoms with Crippen molar-refractivity contribution in [2.24, 2.45) is 5.73 Å². The highest BCUT2D eigenvalue weighted by atomic mass is 19.1. The molecule has 6 nitrogen and oxygen atoms in total. The Bertz CT molecular complexity index is 560. The molecular weight excluding hydrogens is 299 g/mol. The quantitative estimate of drug-likeness (QED) is 0.853. The number of benzene rings is 1. The summed E-state index contributed by atoms with van der Waals surface area (Å²) in [6.45, 7) is 5.99. The van der Waals surface area contributed by atoms with E-state index in [1.54, 1.807) is 18.7 Å². The van der Waals surface area contributed by atoms with E-state index in [1.807, 2.05) is 4.90 Å². The number of hydrogen-bond donors (Lipinski definition) is 2. The van der Waals surface area contributed by atoms with E-state index in [4.69, 9.17) is 5.73 Å². The number of nitrogens with two attached hydrogens (primary N) is 1. The maximum atomic E-state index is 12.8. The van der Waals surface area contributed by atoms with Crippen LogP contribution < -0.4 is 11.1 Å². The first-order chi connectivity index (χ1) is 10.8. The molecule has 1 aromatic carbocycles. The third-order valence-electron chi connectivity index (χ3n) is 3.71. The Balaban J connectivity index is 1.79. The van der Waals surface area contributed by atoms with Crippen molar-refractivity contribution < 1.29 is 14.0 Å². The predicted molar refractivity (Wildman–Crippen MR) is 86.3 cm³/mol. The van der Waals surface area contributed by atoms with Gasteiger partial charge in [0.1, 0.15) is 5.82 Å². The fraction of sp³-hybridized carbons (Fsp3) is 0.500. The maximum Gasteiger partial charge on any atom is 0.242 e. The van der Waals surface area contributed by atoms with Crippen molar-refractivity contribution >= 4 is 17.5 Å².